The number of thiocarbonyl (C=S) groups is 1. The molecule has 0 atom stereocenters. The number of aryl methyl sites for hydroxylation is 2. The number of para-hydroxylation sites is 1. The molecule has 4 nitrogen and oxygen atoms in total. The average Bonchev–Trinajstić information content (AvgIpc) is 2.45. The van der Waals surface area contributed by atoms with Crippen LogP contribution in [0.15, 0.2) is 42.5 Å². The minimum atomic E-state index is -0.298. The van der Waals surface area contributed by atoms with Gasteiger partial charge in [0.25, 0.3) is 5.91 Å². The molecule has 2 aromatic rings. The van der Waals surface area contributed by atoms with Crippen molar-refractivity contribution in [1.82, 2.24) is 5.32 Å². The first-order chi connectivity index (χ1) is 11.3. The van der Waals surface area contributed by atoms with Gasteiger partial charge in [0.05, 0.1) is 11.7 Å². The van der Waals surface area contributed by atoms with Crippen molar-refractivity contribution in [3.8, 4) is 5.75 Å². The van der Waals surface area contributed by atoms with E-state index in [0.29, 0.717) is 11.3 Å². The third kappa shape index (κ3) is 5.06. The number of anilines is 1. The molecule has 0 spiro atoms. The van der Waals surface area contributed by atoms with E-state index >= 15 is 0 Å². The van der Waals surface area contributed by atoms with Crippen molar-refractivity contribution >= 4 is 28.9 Å². The molecule has 2 aromatic carbocycles. The highest BCUT2D eigenvalue weighted by Gasteiger charge is 2.14. The number of benzene rings is 2. The van der Waals surface area contributed by atoms with Crippen LogP contribution in [0, 0.1) is 13.8 Å². The zero-order valence-corrected chi connectivity index (χ0v) is 15.2. The molecule has 0 bridgehead atoms. The first-order valence-corrected chi connectivity index (χ1v) is 8.22. The zero-order chi connectivity index (χ0) is 17.7. The number of ether oxygens (including phenoxy) is 1. The SMILES string of the molecule is Cc1cc(C)cc(NC(=S)NC(=O)c2ccccc2OC(C)C)c1. The molecule has 0 aliphatic carbocycles. The molecule has 0 aliphatic rings. The summed E-state index contributed by atoms with van der Waals surface area (Å²) in [6, 6.07) is 13.1. The third-order valence-corrected chi connectivity index (χ3v) is 3.41. The number of amides is 1. The Kier molecular flexibility index (Phi) is 5.93. The van der Waals surface area contributed by atoms with Gasteiger partial charge >= 0.3 is 0 Å². The Morgan fingerprint density at radius 3 is 2.33 bits per heavy atom. The van der Waals surface area contributed by atoms with Crippen molar-refractivity contribution in [2.75, 3.05) is 5.32 Å². The Morgan fingerprint density at radius 2 is 1.71 bits per heavy atom. The highest BCUT2D eigenvalue weighted by atomic mass is 32.1. The molecule has 2 rings (SSSR count). The van der Waals surface area contributed by atoms with Crippen LogP contribution in [0.25, 0.3) is 0 Å². The summed E-state index contributed by atoms with van der Waals surface area (Å²) in [5.41, 5.74) is 3.56. The Labute approximate surface area is 148 Å². The fraction of sp³-hybridized carbons (Fsp3) is 0.263. The van der Waals surface area contributed by atoms with Crippen LogP contribution < -0.4 is 15.4 Å². The highest BCUT2D eigenvalue weighted by molar-refractivity contribution is 7.80. The largest absolute Gasteiger partial charge is 0.490 e. The number of nitrogens with one attached hydrogen (secondary N) is 2. The molecule has 0 fully saturated rings. The van der Waals surface area contributed by atoms with Crippen molar-refractivity contribution in [2.45, 2.75) is 33.8 Å². The van der Waals surface area contributed by atoms with Gasteiger partial charge in [-0.3, -0.25) is 10.1 Å². The number of carbonyl (C=O) groups excluding carboxylic acids is 1. The van der Waals surface area contributed by atoms with Crippen molar-refractivity contribution in [2.24, 2.45) is 0 Å². The molecule has 0 saturated carbocycles. The molecule has 24 heavy (non-hydrogen) atoms. The van der Waals surface area contributed by atoms with Crippen molar-refractivity contribution in [1.29, 1.82) is 0 Å². The lowest BCUT2D eigenvalue weighted by Gasteiger charge is -2.15. The molecule has 126 valence electrons. The summed E-state index contributed by atoms with van der Waals surface area (Å²) in [5, 5.41) is 6.00. The van der Waals surface area contributed by atoms with Gasteiger partial charge in [0.15, 0.2) is 5.11 Å². The summed E-state index contributed by atoms with van der Waals surface area (Å²) in [6.45, 7) is 7.86. The van der Waals surface area contributed by atoms with E-state index in [1.54, 1.807) is 18.2 Å². The normalized spacial score (nSPS) is 10.4. The Balaban J connectivity index is 2.08. The summed E-state index contributed by atoms with van der Waals surface area (Å²) in [6.07, 6.45) is -0.0145. The second kappa shape index (κ2) is 7.93. The second-order valence-electron chi connectivity index (χ2n) is 5.95. The van der Waals surface area contributed by atoms with Crippen LogP contribution in [-0.4, -0.2) is 17.1 Å². The Hall–Kier alpha value is -2.40. The lowest BCUT2D eigenvalue weighted by atomic mass is 10.1. The van der Waals surface area contributed by atoms with Gasteiger partial charge in [0, 0.05) is 5.69 Å². The fourth-order valence-corrected chi connectivity index (χ4v) is 2.60. The molecule has 5 heteroatoms. The summed E-state index contributed by atoms with van der Waals surface area (Å²) in [5.74, 6) is 0.243. The lowest BCUT2D eigenvalue weighted by molar-refractivity contribution is 0.0972. The lowest BCUT2D eigenvalue weighted by Crippen LogP contribution is -2.34. The number of rotatable bonds is 4. The molecular formula is C19H22N2O2S. The Bertz CT molecular complexity index is 737. The van der Waals surface area contributed by atoms with E-state index in [2.05, 4.69) is 16.7 Å². The van der Waals surface area contributed by atoms with Gasteiger partial charge in [-0.05, 0) is 75.3 Å². The van der Waals surface area contributed by atoms with Crippen LogP contribution in [-0.2, 0) is 0 Å². The van der Waals surface area contributed by atoms with Crippen LogP contribution >= 0.6 is 12.2 Å². The average molecular weight is 342 g/mol. The monoisotopic (exact) mass is 342 g/mol. The smallest absolute Gasteiger partial charge is 0.261 e. The van der Waals surface area contributed by atoms with Crippen molar-refractivity contribution in [3.05, 3.63) is 59.2 Å². The first-order valence-electron chi connectivity index (χ1n) is 7.81. The van der Waals surface area contributed by atoms with Crippen LogP contribution in [0.2, 0.25) is 0 Å². The molecule has 2 N–H and O–H groups in total. The van der Waals surface area contributed by atoms with Crippen molar-refractivity contribution in [3.63, 3.8) is 0 Å². The van der Waals surface area contributed by atoms with E-state index in [-0.39, 0.29) is 17.1 Å². The van der Waals surface area contributed by atoms with Crippen LogP contribution in [0.3, 0.4) is 0 Å². The topological polar surface area (TPSA) is 50.4 Å². The van der Waals surface area contributed by atoms with Gasteiger partial charge in [0.2, 0.25) is 0 Å². The number of hydrogen-bond acceptors (Lipinski definition) is 3. The van der Waals surface area contributed by atoms with E-state index < -0.39 is 0 Å². The maximum atomic E-state index is 12.5. The van der Waals surface area contributed by atoms with E-state index in [1.165, 1.54) is 0 Å². The predicted octanol–water partition coefficient (Wildman–Crippen LogP) is 4.22. The van der Waals surface area contributed by atoms with Gasteiger partial charge in [0.1, 0.15) is 5.75 Å². The summed E-state index contributed by atoms with van der Waals surface area (Å²) >= 11 is 5.25. The molecule has 0 heterocycles. The second-order valence-corrected chi connectivity index (χ2v) is 6.36. The summed E-state index contributed by atoms with van der Waals surface area (Å²) in [4.78, 5) is 12.5. The maximum Gasteiger partial charge on any atom is 0.261 e. The van der Waals surface area contributed by atoms with Crippen LogP contribution in [0.5, 0.6) is 5.75 Å². The quantitative estimate of drug-likeness (QED) is 0.817. The van der Waals surface area contributed by atoms with E-state index in [9.17, 15) is 4.79 Å². The van der Waals surface area contributed by atoms with Gasteiger partial charge in [-0.1, -0.05) is 18.2 Å². The molecule has 0 radical (unpaired) electrons. The first kappa shape index (κ1) is 17.9. The van der Waals surface area contributed by atoms with Gasteiger partial charge < -0.3 is 10.1 Å². The molecule has 0 aliphatic heterocycles. The fourth-order valence-electron chi connectivity index (χ4n) is 2.39. The van der Waals surface area contributed by atoms with Crippen LogP contribution in [0.4, 0.5) is 5.69 Å². The standard InChI is InChI=1S/C19H22N2O2S/c1-12(2)23-17-8-6-5-7-16(17)18(22)21-19(24)20-15-10-13(3)9-14(4)11-15/h5-12H,1-4H3,(H2,20,21,22,24). The highest BCUT2D eigenvalue weighted by Crippen LogP contribution is 2.19. The van der Waals surface area contributed by atoms with E-state index in [4.69, 9.17) is 17.0 Å². The molecule has 0 saturated heterocycles. The minimum absolute atomic E-state index is 0.0145. The maximum absolute atomic E-state index is 12.5. The molecule has 1 amide bonds. The summed E-state index contributed by atoms with van der Waals surface area (Å²) in [7, 11) is 0. The molecular weight excluding hydrogens is 320 g/mol. The minimum Gasteiger partial charge on any atom is -0.490 e. The number of hydrogen-bond donors (Lipinski definition) is 2. The predicted molar refractivity (Wildman–Crippen MR) is 102 cm³/mol. The van der Waals surface area contributed by atoms with Gasteiger partial charge in [-0.25, -0.2) is 0 Å². The third-order valence-electron chi connectivity index (χ3n) is 3.20. The van der Waals surface area contributed by atoms with Crippen LogP contribution in [0.1, 0.15) is 35.3 Å². The Morgan fingerprint density at radius 1 is 1.08 bits per heavy atom. The molecule has 0 aromatic heterocycles. The van der Waals surface area contributed by atoms with Gasteiger partial charge in [-0.2, -0.15) is 0 Å². The zero-order valence-electron chi connectivity index (χ0n) is 14.3. The van der Waals surface area contributed by atoms with Gasteiger partial charge in [-0.15, -0.1) is 0 Å². The summed E-state index contributed by atoms with van der Waals surface area (Å²) < 4.78 is 5.67. The van der Waals surface area contributed by atoms with Crippen molar-refractivity contribution < 1.29 is 9.53 Å². The van der Waals surface area contributed by atoms with E-state index in [0.717, 1.165) is 16.8 Å². The number of carbonyl (C=O) groups is 1. The van der Waals surface area contributed by atoms with E-state index in [1.807, 2.05) is 45.9 Å². The molecule has 0 unspecified atom stereocenters.